The Morgan fingerprint density at radius 2 is 1.95 bits per heavy atom. The molecule has 7 heteroatoms. The van der Waals surface area contributed by atoms with Crippen molar-refractivity contribution in [3.63, 3.8) is 0 Å². The Morgan fingerprint density at radius 1 is 1.29 bits per heavy atom. The highest BCUT2D eigenvalue weighted by Gasteiger charge is 2.34. The summed E-state index contributed by atoms with van der Waals surface area (Å²) in [7, 11) is 0. The number of nitrogens with zero attached hydrogens (tertiary/aromatic N) is 4. The summed E-state index contributed by atoms with van der Waals surface area (Å²) in [4.78, 5) is 11.5. The number of hydrogen-bond acceptors (Lipinski definition) is 5. The molecule has 112 valence electrons. The first kappa shape index (κ1) is 15.1. The number of aromatic nitrogens is 4. The lowest BCUT2D eigenvalue weighted by Gasteiger charge is -2.27. The average molecular weight is 289 g/mol. The third-order valence-electron chi connectivity index (χ3n) is 3.74. The van der Waals surface area contributed by atoms with E-state index < -0.39 is 11.5 Å². The van der Waals surface area contributed by atoms with Crippen LogP contribution < -0.4 is 5.32 Å². The maximum absolute atomic E-state index is 11.5. The molecule has 7 nitrogen and oxygen atoms in total. The Bertz CT molecular complexity index is 592. The molecule has 2 rings (SSSR count). The molecule has 0 radical (unpaired) electrons. The molecule has 0 amide bonds. The number of tetrazole rings is 1. The Morgan fingerprint density at radius 3 is 2.52 bits per heavy atom. The quantitative estimate of drug-likeness (QED) is 0.800. The molecule has 1 heterocycles. The topological polar surface area (TPSA) is 92.9 Å². The molecule has 2 aromatic rings. The normalized spacial score (nSPS) is 11.5. The minimum Gasteiger partial charge on any atom is -0.480 e. The van der Waals surface area contributed by atoms with Gasteiger partial charge in [-0.05, 0) is 35.4 Å². The minimum atomic E-state index is -0.951. The van der Waals surface area contributed by atoms with Crippen LogP contribution in [-0.4, -0.2) is 36.8 Å². The molecule has 0 saturated heterocycles. The molecular weight excluding hydrogens is 270 g/mol. The first-order chi connectivity index (χ1) is 10.1. The molecule has 21 heavy (non-hydrogen) atoms. The summed E-state index contributed by atoms with van der Waals surface area (Å²) in [5, 5.41) is 24.1. The van der Waals surface area contributed by atoms with Gasteiger partial charge in [-0.1, -0.05) is 32.0 Å². The van der Waals surface area contributed by atoms with Crippen LogP contribution in [0.25, 0.3) is 5.69 Å². The van der Waals surface area contributed by atoms with Crippen molar-refractivity contribution in [1.82, 2.24) is 25.5 Å². The number of benzene rings is 1. The second-order valence-corrected chi connectivity index (χ2v) is 4.79. The molecule has 1 aromatic carbocycles. The van der Waals surface area contributed by atoms with Crippen molar-refractivity contribution in [3.05, 3.63) is 36.2 Å². The fraction of sp³-hybridized carbons (Fsp3) is 0.429. The second kappa shape index (κ2) is 6.45. The maximum Gasteiger partial charge on any atom is 0.323 e. The van der Waals surface area contributed by atoms with E-state index in [1.165, 1.54) is 0 Å². The number of aliphatic carboxylic acids is 1. The van der Waals surface area contributed by atoms with Gasteiger partial charge in [-0.25, -0.2) is 0 Å². The zero-order chi connectivity index (χ0) is 15.3. The summed E-state index contributed by atoms with van der Waals surface area (Å²) in [6.07, 6.45) is 0.984. The van der Waals surface area contributed by atoms with Crippen LogP contribution in [0.3, 0.4) is 0 Å². The highest BCUT2D eigenvalue weighted by Crippen LogP contribution is 2.16. The first-order valence-corrected chi connectivity index (χ1v) is 6.94. The van der Waals surface area contributed by atoms with E-state index in [0.717, 1.165) is 5.69 Å². The maximum atomic E-state index is 11.5. The van der Waals surface area contributed by atoms with Crippen molar-refractivity contribution in [3.8, 4) is 5.69 Å². The van der Waals surface area contributed by atoms with E-state index >= 15 is 0 Å². The van der Waals surface area contributed by atoms with E-state index in [9.17, 15) is 9.90 Å². The summed E-state index contributed by atoms with van der Waals surface area (Å²) >= 11 is 0. The number of nitrogens with one attached hydrogen (secondary N) is 1. The van der Waals surface area contributed by atoms with Crippen LogP contribution >= 0.6 is 0 Å². The van der Waals surface area contributed by atoms with Gasteiger partial charge < -0.3 is 5.11 Å². The molecule has 0 spiro atoms. The molecule has 1 aromatic heterocycles. The van der Waals surface area contributed by atoms with Crippen LogP contribution in [-0.2, 0) is 11.3 Å². The highest BCUT2D eigenvalue weighted by atomic mass is 16.4. The fourth-order valence-corrected chi connectivity index (χ4v) is 2.21. The Kier molecular flexibility index (Phi) is 4.64. The van der Waals surface area contributed by atoms with Crippen molar-refractivity contribution in [2.24, 2.45) is 0 Å². The van der Waals surface area contributed by atoms with Crippen LogP contribution in [0.2, 0.25) is 0 Å². The number of carboxylic acid groups (broad SMARTS) is 1. The van der Waals surface area contributed by atoms with Gasteiger partial charge in [-0.15, -0.1) is 5.10 Å². The van der Waals surface area contributed by atoms with Crippen LogP contribution in [0.5, 0.6) is 0 Å². The van der Waals surface area contributed by atoms with Crippen LogP contribution in [0.4, 0.5) is 0 Å². The predicted octanol–water partition coefficient (Wildman–Crippen LogP) is 1.40. The summed E-state index contributed by atoms with van der Waals surface area (Å²) in [5.41, 5.74) is -0.110. The molecule has 0 fully saturated rings. The number of para-hydroxylation sites is 1. The number of carbonyl (C=O) groups is 1. The molecule has 0 saturated carbocycles. The summed E-state index contributed by atoms with van der Waals surface area (Å²) < 4.78 is 1.60. The summed E-state index contributed by atoms with van der Waals surface area (Å²) in [6, 6.07) is 9.49. The molecule has 0 aliphatic carbocycles. The molecular formula is C14H19N5O2. The van der Waals surface area contributed by atoms with E-state index in [1.807, 2.05) is 44.2 Å². The lowest BCUT2D eigenvalue weighted by atomic mass is 9.93. The zero-order valence-electron chi connectivity index (χ0n) is 12.2. The molecule has 0 unspecified atom stereocenters. The van der Waals surface area contributed by atoms with Crippen molar-refractivity contribution in [2.75, 3.05) is 0 Å². The lowest BCUT2D eigenvalue weighted by Crippen LogP contribution is -2.51. The average Bonchev–Trinajstić information content (AvgIpc) is 2.98. The Hall–Kier alpha value is -2.28. The van der Waals surface area contributed by atoms with Crippen molar-refractivity contribution in [1.29, 1.82) is 0 Å². The second-order valence-electron chi connectivity index (χ2n) is 4.79. The SMILES string of the molecule is CCC(CC)(NCc1nnnn1-c1ccccc1)C(=O)O. The van der Waals surface area contributed by atoms with E-state index in [4.69, 9.17) is 0 Å². The molecule has 0 aliphatic heterocycles. The monoisotopic (exact) mass is 289 g/mol. The molecule has 2 N–H and O–H groups in total. The van der Waals surface area contributed by atoms with Crippen molar-refractivity contribution in [2.45, 2.75) is 38.8 Å². The summed E-state index contributed by atoms with van der Waals surface area (Å²) in [6.45, 7) is 3.99. The number of hydrogen-bond donors (Lipinski definition) is 2. The number of carboxylic acids is 1. The van der Waals surface area contributed by atoms with E-state index in [0.29, 0.717) is 18.7 Å². The third-order valence-corrected chi connectivity index (χ3v) is 3.74. The van der Waals surface area contributed by atoms with Crippen LogP contribution in [0.15, 0.2) is 30.3 Å². The Labute approximate surface area is 123 Å². The fourth-order valence-electron chi connectivity index (χ4n) is 2.21. The van der Waals surface area contributed by atoms with E-state index in [1.54, 1.807) is 4.68 Å². The van der Waals surface area contributed by atoms with Gasteiger partial charge in [0.05, 0.1) is 12.2 Å². The van der Waals surface area contributed by atoms with Gasteiger partial charge in [0, 0.05) is 0 Å². The first-order valence-electron chi connectivity index (χ1n) is 6.94. The predicted molar refractivity (Wildman–Crippen MR) is 76.9 cm³/mol. The van der Waals surface area contributed by atoms with Gasteiger partial charge in [0.15, 0.2) is 5.82 Å². The third kappa shape index (κ3) is 3.08. The van der Waals surface area contributed by atoms with Gasteiger partial charge in [-0.2, -0.15) is 4.68 Å². The van der Waals surface area contributed by atoms with Crippen molar-refractivity contribution >= 4 is 5.97 Å². The smallest absolute Gasteiger partial charge is 0.323 e. The van der Waals surface area contributed by atoms with Gasteiger partial charge >= 0.3 is 5.97 Å². The van der Waals surface area contributed by atoms with E-state index in [-0.39, 0.29) is 6.54 Å². The van der Waals surface area contributed by atoms with Gasteiger partial charge in [-0.3, -0.25) is 10.1 Å². The largest absolute Gasteiger partial charge is 0.480 e. The molecule has 0 aliphatic rings. The van der Waals surface area contributed by atoms with Crippen molar-refractivity contribution < 1.29 is 9.90 Å². The Balaban J connectivity index is 2.18. The van der Waals surface area contributed by atoms with Gasteiger partial charge in [0.25, 0.3) is 0 Å². The van der Waals surface area contributed by atoms with Gasteiger partial charge in [0.2, 0.25) is 0 Å². The molecule has 0 atom stereocenters. The van der Waals surface area contributed by atoms with Gasteiger partial charge in [0.1, 0.15) is 5.54 Å². The molecule has 0 bridgehead atoms. The van der Waals surface area contributed by atoms with Crippen LogP contribution in [0, 0.1) is 0 Å². The van der Waals surface area contributed by atoms with E-state index in [2.05, 4.69) is 20.8 Å². The minimum absolute atomic E-state index is 0.288. The lowest BCUT2D eigenvalue weighted by molar-refractivity contribution is -0.145. The standard InChI is InChI=1S/C14H19N5O2/c1-3-14(4-2,13(20)21)15-10-12-16-17-18-19(12)11-8-6-5-7-9-11/h5-9,15H,3-4,10H2,1-2H3,(H,20,21). The number of rotatable bonds is 7. The van der Waals surface area contributed by atoms with Crippen LogP contribution in [0.1, 0.15) is 32.5 Å². The zero-order valence-corrected chi connectivity index (χ0v) is 12.2. The highest BCUT2D eigenvalue weighted by molar-refractivity contribution is 5.78. The summed E-state index contributed by atoms with van der Waals surface area (Å²) in [5.74, 6) is -0.278.